The van der Waals surface area contributed by atoms with Crippen molar-refractivity contribution in [2.24, 2.45) is 12.5 Å². The van der Waals surface area contributed by atoms with Gasteiger partial charge in [0.2, 0.25) is 0 Å². The van der Waals surface area contributed by atoms with Gasteiger partial charge in [0.25, 0.3) is 0 Å². The van der Waals surface area contributed by atoms with E-state index in [1.54, 1.807) is 0 Å². The Morgan fingerprint density at radius 3 is 2.67 bits per heavy atom. The van der Waals surface area contributed by atoms with Gasteiger partial charge in [0, 0.05) is 32.2 Å². The van der Waals surface area contributed by atoms with E-state index in [0.717, 1.165) is 31.6 Å². The van der Waals surface area contributed by atoms with Crippen molar-refractivity contribution in [3.05, 3.63) is 17.5 Å². The molecule has 1 aromatic heterocycles. The maximum absolute atomic E-state index is 9.64. The van der Waals surface area contributed by atoms with E-state index in [1.807, 2.05) is 18.7 Å². The Morgan fingerprint density at radius 1 is 1.39 bits per heavy atom. The molecule has 1 saturated carbocycles. The van der Waals surface area contributed by atoms with Crippen molar-refractivity contribution in [1.29, 1.82) is 0 Å². The van der Waals surface area contributed by atoms with Crippen LogP contribution in [0.2, 0.25) is 0 Å². The summed E-state index contributed by atoms with van der Waals surface area (Å²) in [6.07, 6.45) is 6.14. The second-order valence-electron chi connectivity index (χ2n) is 5.72. The lowest BCUT2D eigenvalue weighted by Gasteiger charge is -2.35. The summed E-state index contributed by atoms with van der Waals surface area (Å²) < 4.78 is 1.93. The van der Waals surface area contributed by atoms with Crippen molar-refractivity contribution in [3.8, 4) is 0 Å². The Morgan fingerprint density at radius 2 is 2.11 bits per heavy atom. The van der Waals surface area contributed by atoms with Crippen molar-refractivity contribution < 1.29 is 5.11 Å². The van der Waals surface area contributed by atoms with Crippen molar-refractivity contribution in [2.45, 2.75) is 45.6 Å². The number of aryl methyl sites for hydroxylation is 2. The minimum Gasteiger partial charge on any atom is -0.396 e. The molecule has 0 amide bonds. The van der Waals surface area contributed by atoms with Crippen molar-refractivity contribution in [1.82, 2.24) is 15.1 Å². The molecule has 1 heterocycles. The summed E-state index contributed by atoms with van der Waals surface area (Å²) in [6, 6.07) is 2.11. The van der Waals surface area contributed by atoms with Crippen LogP contribution in [0.5, 0.6) is 0 Å². The maximum atomic E-state index is 9.64. The van der Waals surface area contributed by atoms with Crippen LogP contribution in [0.1, 0.15) is 43.5 Å². The third-order valence-corrected chi connectivity index (χ3v) is 4.15. The van der Waals surface area contributed by atoms with E-state index >= 15 is 0 Å². The number of aromatic nitrogens is 2. The number of nitrogens with zero attached hydrogens (tertiary/aromatic N) is 2. The first-order valence-corrected chi connectivity index (χ1v) is 6.96. The summed E-state index contributed by atoms with van der Waals surface area (Å²) in [6.45, 7) is 4.07. The molecule has 2 N–H and O–H groups in total. The van der Waals surface area contributed by atoms with Crippen LogP contribution in [0.25, 0.3) is 0 Å². The number of hydrogen-bond acceptors (Lipinski definition) is 3. The van der Waals surface area contributed by atoms with Crippen molar-refractivity contribution >= 4 is 0 Å². The Kier molecular flexibility index (Phi) is 4.40. The predicted octanol–water partition coefficient (Wildman–Crippen LogP) is 1.76. The van der Waals surface area contributed by atoms with Gasteiger partial charge < -0.3 is 10.4 Å². The van der Waals surface area contributed by atoms with Gasteiger partial charge in [-0.25, -0.2) is 0 Å². The van der Waals surface area contributed by atoms with Gasteiger partial charge >= 0.3 is 0 Å². The molecular weight excluding hydrogens is 226 g/mol. The molecule has 0 spiro atoms. The molecule has 18 heavy (non-hydrogen) atoms. The second-order valence-corrected chi connectivity index (χ2v) is 5.72. The lowest BCUT2D eigenvalue weighted by Crippen LogP contribution is -2.39. The fraction of sp³-hybridized carbons (Fsp3) is 0.786. The average Bonchev–Trinajstić information content (AvgIpc) is 2.69. The molecule has 0 aromatic carbocycles. The van der Waals surface area contributed by atoms with Gasteiger partial charge in [-0.3, -0.25) is 4.68 Å². The molecule has 1 fully saturated rings. The number of rotatable bonds is 5. The molecule has 2 rings (SSSR count). The zero-order chi connectivity index (χ0) is 13.0. The molecule has 4 heteroatoms. The smallest absolute Gasteiger partial charge is 0.0597 e. The third-order valence-electron chi connectivity index (χ3n) is 4.15. The summed E-state index contributed by atoms with van der Waals surface area (Å²) in [5.41, 5.74) is 2.38. The van der Waals surface area contributed by atoms with Crippen LogP contribution in [0, 0.1) is 12.3 Å². The highest BCUT2D eigenvalue weighted by molar-refractivity contribution is 5.08. The van der Waals surface area contributed by atoms with E-state index in [-0.39, 0.29) is 5.41 Å². The van der Waals surface area contributed by atoms with Crippen LogP contribution < -0.4 is 5.32 Å². The van der Waals surface area contributed by atoms with Crippen LogP contribution in [0.15, 0.2) is 6.07 Å². The van der Waals surface area contributed by atoms with Crippen LogP contribution in [-0.4, -0.2) is 28.0 Å². The Balaban J connectivity index is 1.85. The molecule has 0 saturated heterocycles. The molecule has 0 bridgehead atoms. The lowest BCUT2D eigenvalue weighted by atomic mass is 9.74. The van der Waals surface area contributed by atoms with E-state index in [0.29, 0.717) is 6.61 Å². The molecule has 0 radical (unpaired) electrons. The van der Waals surface area contributed by atoms with Gasteiger partial charge in [0.1, 0.15) is 0 Å². The quantitative estimate of drug-likeness (QED) is 0.838. The fourth-order valence-corrected chi connectivity index (χ4v) is 2.98. The van der Waals surface area contributed by atoms with Crippen molar-refractivity contribution in [3.63, 3.8) is 0 Å². The lowest BCUT2D eigenvalue weighted by molar-refractivity contribution is 0.0809. The standard InChI is InChI=1S/C14H25N3O/c1-12-8-13(17(2)16-12)9-15-10-14(11-18)6-4-3-5-7-14/h8,15,18H,3-7,9-11H2,1-2H3. The van der Waals surface area contributed by atoms with E-state index in [4.69, 9.17) is 0 Å². The number of hydrogen-bond donors (Lipinski definition) is 2. The van der Waals surface area contributed by atoms with Crippen molar-refractivity contribution in [2.75, 3.05) is 13.2 Å². The monoisotopic (exact) mass is 251 g/mol. The normalized spacial score (nSPS) is 19.1. The van der Waals surface area contributed by atoms with Gasteiger partial charge in [-0.1, -0.05) is 19.3 Å². The zero-order valence-corrected chi connectivity index (χ0v) is 11.6. The second kappa shape index (κ2) is 5.85. The topological polar surface area (TPSA) is 50.1 Å². The third kappa shape index (κ3) is 3.12. The molecule has 4 nitrogen and oxygen atoms in total. The number of nitrogens with one attached hydrogen (secondary N) is 1. The molecule has 0 unspecified atom stereocenters. The highest BCUT2D eigenvalue weighted by Gasteiger charge is 2.30. The highest BCUT2D eigenvalue weighted by atomic mass is 16.3. The van der Waals surface area contributed by atoms with Gasteiger partial charge in [0.05, 0.1) is 11.4 Å². The minimum atomic E-state index is 0.117. The largest absolute Gasteiger partial charge is 0.396 e. The summed E-state index contributed by atoms with van der Waals surface area (Å²) in [5, 5.41) is 17.5. The number of aliphatic hydroxyl groups excluding tert-OH is 1. The van der Waals surface area contributed by atoms with E-state index < -0.39 is 0 Å². The molecule has 1 aliphatic carbocycles. The van der Waals surface area contributed by atoms with Gasteiger partial charge in [-0.05, 0) is 25.8 Å². The van der Waals surface area contributed by atoms with Crippen LogP contribution in [0.3, 0.4) is 0 Å². The van der Waals surface area contributed by atoms with Crippen LogP contribution in [-0.2, 0) is 13.6 Å². The Hall–Kier alpha value is -0.870. The SMILES string of the molecule is Cc1cc(CNCC2(CO)CCCCC2)n(C)n1. The minimum absolute atomic E-state index is 0.117. The molecule has 1 aromatic rings. The molecule has 0 aliphatic heterocycles. The predicted molar refractivity (Wildman–Crippen MR) is 72.3 cm³/mol. The van der Waals surface area contributed by atoms with Gasteiger partial charge in [0.15, 0.2) is 0 Å². The first kappa shape index (κ1) is 13.6. The first-order chi connectivity index (χ1) is 8.65. The first-order valence-electron chi connectivity index (χ1n) is 6.96. The van der Waals surface area contributed by atoms with Gasteiger partial charge in [-0.15, -0.1) is 0 Å². The van der Waals surface area contributed by atoms with Gasteiger partial charge in [-0.2, -0.15) is 5.10 Å². The van der Waals surface area contributed by atoms with E-state index in [9.17, 15) is 5.11 Å². The molecule has 0 atom stereocenters. The number of aliphatic hydroxyl groups is 1. The average molecular weight is 251 g/mol. The van der Waals surface area contributed by atoms with E-state index in [2.05, 4.69) is 16.5 Å². The summed E-state index contributed by atoms with van der Waals surface area (Å²) in [4.78, 5) is 0. The molecular formula is C14H25N3O. The molecule has 102 valence electrons. The summed E-state index contributed by atoms with van der Waals surface area (Å²) in [7, 11) is 1.98. The Bertz CT molecular complexity index is 380. The highest BCUT2D eigenvalue weighted by Crippen LogP contribution is 2.35. The van der Waals surface area contributed by atoms with Crippen LogP contribution >= 0.6 is 0 Å². The van der Waals surface area contributed by atoms with E-state index in [1.165, 1.54) is 25.0 Å². The zero-order valence-electron chi connectivity index (χ0n) is 11.6. The summed E-state index contributed by atoms with van der Waals surface area (Å²) >= 11 is 0. The molecule has 1 aliphatic rings. The fourth-order valence-electron chi connectivity index (χ4n) is 2.98. The summed E-state index contributed by atoms with van der Waals surface area (Å²) in [5.74, 6) is 0. The van der Waals surface area contributed by atoms with Crippen LogP contribution in [0.4, 0.5) is 0 Å². The Labute approximate surface area is 109 Å². The maximum Gasteiger partial charge on any atom is 0.0597 e.